The minimum absolute atomic E-state index is 1.15. The zero-order chi connectivity index (χ0) is 15.5. The summed E-state index contributed by atoms with van der Waals surface area (Å²) in [6.07, 6.45) is 8.35. The third-order valence-corrected chi connectivity index (χ3v) is 27.1. The van der Waals surface area contributed by atoms with Gasteiger partial charge in [0.15, 0.2) is 0 Å². The van der Waals surface area contributed by atoms with E-state index in [2.05, 4.69) is 27.7 Å². The topological polar surface area (TPSA) is 0 Å². The van der Waals surface area contributed by atoms with Crippen LogP contribution < -0.4 is 0 Å². The van der Waals surface area contributed by atoms with Crippen molar-refractivity contribution in [1.82, 2.24) is 0 Å². The molecule has 0 N–H and O–H groups in total. The Bertz CT molecular complexity index is 211. The van der Waals surface area contributed by atoms with E-state index in [1.165, 1.54) is 69.5 Å². The molecule has 0 aromatic rings. The Balaban J connectivity index is 5.08. The van der Waals surface area contributed by atoms with Gasteiger partial charge < -0.3 is 0 Å². The van der Waals surface area contributed by atoms with Gasteiger partial charge in [-0.3, -0.25) is 0 Å². The Hall–Kier alpha value is 1.01. The summed E-state index contributed by atoms with van der Waals surface area (Å²) in [5, 5.41) is 0. The summed E-state index contributed by atoms with van der Waals surface area (Å²) >= 11 is 14.2. The quantitative estimate of drug-likeness (QED) is 0.235. The van der Waals surface area contributed by atoms with Crippen molar-refractivity contribution in [3.63, 3.8) is 0 Å². The molecular formula is C16H36Cl2Si2. The monoisotopic (exact) mass is 354 g/mol. The van der Waals surface area contributed by atoms with E-state index in [-0.39, 0.29) is 0 Å². The lowest BCUT2D eigenvalue weighted by Crippen LogP contribution is -2.55. The van der Waals surface area contributed by atoms with E-state index in [9.17, 15) is 0 Å². The third kappa shape index (κ3) is 6.85. The Morgan fingerprint density at radius 3 is 1.15 bits per heavy atom. The summed E-state index contributed by atoms with van der Waals surface area (Å²) < 4.78 is 0. The summed E-state index contributed by atoms with van der Waals surface area (Å²) in [6.45, 7) is 9.16. The van der Waals surface area contributed by atoms with Crippen LogP contribution in [0.1, 0.15) is 79.1 Å². The van der Waals surface area contributed by atoms with E-state index in [1.54, 1.807) is 0 Å². The van der Waals surface area contributed by atoms with Crippen molar-refractivity contribution in [2.45, 2.75) is 103 Å². The molecule has 4 heteroatoms. The van der Waals surface area contributed by atoms with Crippen LogP contribution in [0.5, 0.6) is 0 Å². The average molecular weight is 356 g/mol. The predicted octanol–water partition coefficient (Wildman–Crippen LogP) is 7.63. The van der Waals surface area contributed by atoms with Crippen molar-refractivity contribution in [3.8, 4) is 0 Å². The first-order valence-electron chi connectivity index (χ1n) is 8.87. The highest BCUT2D eigenvalue weighted by Gasteiger charge is 2.51. The van der Waals surface area contributed by atoms with E-state index < -0.39 is 13.8 Å². The molecule has 0 saturated heterocycles. The Labute approximate surface area is 139 Å². The SMILES string of the molecule is CCCC[Si](Cl)(Cl)[Si](CCCC)(CCCC)CCCC. The van der Waals surface area contributed by atoms with Gasteiger partial charge in [0, 0.05) is 0 Å². The lowest BCUT2D eigenvalue weighted by Gasteiger charge is -2.40. The van der Waals surface area contributed by atoms with Gasteiger partial charge in [-0.15, -0.1) is 22.2 Å². The molecule has 0 atom stereocenters. The van der Waals surface area contributed by atoms with Crippen LogP contribution in [0.3, 0.4) is 0 Å². The van der Waals surface area contributed by atoms with Crippen LogP contribution in [0.4, 0.5) is 0 Å². The van der Waals surface area contributed by atoms with Crippen LogP contribution in [0, 0.1) is 0 Å². The van der Waals surface area contributed by atoms with Gasteiger partial charge >= 0.3 is 0 Å². The first kappa shape index (κ1) is 21.0. The summed E-state index contributed by atoms with van der Waals surface area (Å²) in [5.41, 5.74) is 0. The normalized spacial score (nSPS) is 12.9. The van der Waals surface area contributed by atoms with Gasteiger partial charge in [0.05, 0.1) is 7.59 Å². The van der Waals surface area contributed by atoms with Crippen molar-refractivity contribution in [1.29, 1.82) is 0 Å². The number of hydrogen-bond donors (Lipinski definition) is 0. The zero-order valence-electron chi connectivity index (χ0n) is 14.2. The summed E-state index contributed by atoms with van der Waals surface area (Å²) in [7, 11) is -1.45. The second-order valence-corrected chi connectivity index (χ2v) is 24.5. The molecule has 0 unspecified atom stereocenters. The van der Waals surface area contributed by atoms with Gasteiger partial charge in [0.1, 0.15) is 0 Å². The molecular weight excluding hydrogens is 319 g/mol. The van der Waals surface area contributed by atoms with Gasteiger partial charge in [0.25, 0.3) is 0 Å². The largest absolute Gasteiger partial charge is 0.239 e. The first-order valence-corrected chi connectivity index (χ1v) is 16.7. The van der Waals surface area contributed by atoms with Crippen LogP contribution in [0.25, 0.3) is 0 Å². The second-order valence-electron chi connectivity index (χ2n) is 6.40. The predicted molar refractivity (Wildman–Crippen MR) is 102 cm³/mol. The molecule has 0 bridgehead atoms. The van der Waals surface area contributed by atoms with Crippen molar-refractivity contribution < 1.29 is 0 Å². The van der Waals surface area contributed by atoms with E-state index in [0.29, 0.717) is 0 Å². The maximum atomic E-state index is 7.11. The molecule has 0 aliphatic heterocycles. The Kier molecular flexibility index (Phi) is 12.2. The van der Waals surface area contributed by atoms with E-state index in [0.717, 1.165) is 6.04 Å². The second kappa shape index (κ2) is 11.6. The molecule has 0 aromatic carbocycles. The van der Waals surface area contributed by atoms with Crippen molar-refractivity contribution >= 4 is 36.0 Å². The molecule has 0 saturated carbocycles. The average Bonchev–Trinajstić information content (AvgIpc) is 2.44. The molecule has 0 nitrogen and oxygen atoms in total. The summed E-state index contributed by atoms with van der Waals surface area (Å²) in [4.78, 5) is 0. The minimum atomic E-state index is -2.03. The van der Waals surface area contributed by atoms with Crippen LogP contribution >= 0.6 is 22.2 Å². The molecule has 0 radical (unpaired) electrons. The smallest absolute Gasteiger partial charge is 0.150 e. The molecule has 20 heavy (non-hydrogen) atoms. The van der Waals surface area contributed by atoms with Gasteiger partial charge in [-0.05, 0) is 6.04 Å². The fraction of sp³-hybridized carbons (Fsp3) is 1.00. The van der Waals surface area contributed by atoms with Gasteiger partial charge in [-0.2, -0.15) is 0 Å². The highest BCUT2D eigenvalue weighted by atomic mass is 35.7. The number of halogens is 2. The summed E-state index contributed by atoms with van der Waals surface area (Å²) in [6, 6.07) is 5.33. The van der Waals surface area contributed by atoms with Crippen LogP contribution in [-0.4, -0.2) is 13.8 Å². The highest BCUT2D eigenvalue weighted by molar-refractivity contribution is 7.75. The summed E-state index contributed by atoms with van der Waals surface area (Å²) in [5.74, 6) is 0. The maximum Gasteiger partial charge on any atom is 0.239 e. The molecule has 0 spiro atoms. The van der Waals surface area contributed by atoms with Crippen molar-refractivity contribution in [2.75, 3.05) is 0 Å². The zero-order valence-corrected chi connectivity index (χ0v) is 17.8. The Morgan fingerprint density at radius 2 is 0.850 bits per heavy atom. The molecule has 0 amide bonds. The highest BCUT2D eigenvalue weighted by Crippen LogP contribution is 2.43. The molecule has 0 heterocycles. The first-order chi connectivity index (χ1) is 9.49. The third-order valence-electron chi connectivity index (χ3n) is 4.65. The lowest BCUT2D eigenvalue weighted by atomic mass is 10.4. The standard InChI is InChI=1S/C16H36Cl2Si2/c1-5-9-13-19(14-10-6-2,15-11-7-3)20(17,18)16-12-8-4/h5-16H2,1-4H3. The molecule has 0 aliphatic rings. The van der Waals surface area contributed by atoms with Gasteiger partial charge in [0.2, 0.25) is 6.21 Å². The molecule has 0 aromatic heterocycles. The van der Waals surface area contributed by atoms with Crippen molar-refractivity contribution in [2.24, 2.45) is 0 Å². The minimum Gasteiger partial charge on any atom is -0.150 e. The van der Waals surface area contributed by atoms with Gasteiger partial charge in [-0.1, -0.05) is 97.2 Å². The fourth-order valence-electron chi connectivity index (χ4n) is 3.13. The van der Waals surface area contributed by atoms with E-state index >= 15 is 0 Å². The fourth-order valence-corrected chi connectivity index (χ4v) is 22.3. The molecule has 0 rings (SSSR count). The Morgan fingerprint density at radius 1 is 0.550 bits per heavy atom. The van der Waals surface area contributed by atoms with Crippen molar-refractivity contribution in [3.05, 3.63) is 0 Å². The number of unbranched alkanes of at least 4 members (excludes halogenated alkanes) is 4. The molecule has 0 fully saturated rings. The van der Waals surface area contributed by atoms with E-state index in [4.69, 9.17) is 22.2 Å². The number of hydrogen-bond acceptors (Lipinski definition) is 0. The van der Waals surface area contributed by atoms with E-state index in [1.807, 2.05) is 0 Å². The van der Waals surface area contributed by atoms with Crippen LogP contribution in [0.15, 0.2) is 0 Å². The number of rotatable bonds is 13. The van der Waals surface area contributed by atoms with Crippen LogP contribution in [0.2, 0.25) is 24.2 Å². The maximum absolute atomic E-state index is 7.11. The molecule has 0 aliphatic carbocycles. The lowest BCUT2D eigenvalue weighted by molar-refractivity contribution is 0.802. The van der Waals surface area contributed by atoms with Crippen LogP contribution in [-0.2, 0) is 0 Å². The molecule has 122 valence electrons. The van der Waals surface area contributed by atoms with Gasteiger partial charge in [-0.25, -0.2) is 0 Å².